The van der Waals surface area contributed by atoms with E-state index in [1.807, 2.05) is 0 Å². The minimum absolute atomic E-state index is 0.210. The molecule has 0 amide bonds. The summed E-state index contributed by atoms with van der Waals surface area (Å²) < 4.78 is 12.6. The largest absolute Gasteiger partial charge is 0.310 e. The highest BCUT2D eigenvalue weighted by molar-refractivity contribution is 7.85. The first-order valence-corrected chi connectivity index (χ1v) is 8.96. The van der Waals surface area contributed by atoms with Crippen LogP contribution in [0, 0.1) is 5.92 Å². The van der Waals surface area contributed by atoms with E-state index in [0.717, 1.165) is 17.9 Å². The van der Waals surface area contributed by atoms with Gasteiger partial charge in [-0.1, -0.05) is 46.8 Å². The second-order valence-electron chi connectivity index (χ2n) is 6.25. The van der Waals surface area contributed by atoms with Crippen molar-refractivity contribution in [2.24, 2.45) is 5.92 Å². The van der Waals surface area contributed by atoms with Crippen molar-refractivity contribution in [3.8, 4) is 0 Å². The van der Waals surface area contributed by atoms with Crippen LogP contribution in [0.3, 0.4) is 0 Å². The van der Waals surface area contributed by atoms with Gasteiger partial charge >= 0.3 is 0 Å². The first-order valence-electron chi connectivity index (χ1n) is 7.75. The zero-order valence-electron chi connectivity index (χ0n) is 13.3. The zero-order valence-corrected chi connectivity index (χ0v) is 14.1. The van der Waals surface area contributed by atoms with Gasteiger partial charge in [0.25, 0.3) is 0 Å². The monoisotopic (exact) mass is 293 g/mol. The highest BCUT2D eigenvalue weighted by atomic mass is 32.2. The Bertz CT molecular complexity index is 498. The van der Waals surface area contributed by atoms with Gasteiger partial charge in [0, 0.05) is 16.2 Å². The molecule has 0 aromatic heterocycles. The molecule has 1 aliphatic heterocycles. The molecule has 1 aromatic carbocycles. The molecule has 0 spiro atoms. The van der Waals surface area contributed by atoms with Crippen LogP contribution < -0.4 is 5.32 Å². The second kappa shape index (κ2) is 6.40. The summed E-state index contributed by atoms with van der Waals surface area (Å²) in [5.41, 5.74) is 2.60. The van der Waals surface area contributed by atoms with Crippen molar-refractivity contribution in [2.75, 3.05) is 6.54 Å². The predicted octanol–water partition coefficient (Wildman–Crippen LogP) is 4.00. The van der Waals surface area contributed by atoms with Crippen LogP contribution in [0.2, 0.25) is 0 Å². The molecule has 1 N–H and O–H groups in total. The average molecular weight is 293 g/mol. The molecule has 20 heavy (non-hydrogen) atoms. The van der Waals surface area contributed by atoms with Crippen LogP contribution in [0.4, 0.5) is 0 Å². The SMILES string of the molecule is CCCNC1c2cc(C(C)C)ccc2S(=O)C(C)C1C. The van der Waals surface area contributed by atoms with Gasteiger partial charge in [-0.2, -0.15) is 0 Å². The molecule has 4 unspecified atom stereocenters. The number of fused-ring (bicyclic) bond motifs is 1. The van der Waals surface area contributed by atoms with Gasteiger partial charge in [0.1, 0.15) is 0 Å². The Hall–Kier alpha value is -0.670. The molecule has 0 radical (unpaired) electrons. The van der Waals surface area contributed by atoms with Gasteiger partial charge in [0.2, 0.25) is 0 Å². The maximum Gasteiger partial charge on any atom is 0.0564 e. The van der Waals surface area contributed by atoms with E-state index in [1.165, 1.54) is 11.1 Å². The number of rotatable bonds is 4. The van der Waals surface area contributed by atoms with Crippen LogP contribution in [0.5, 0.6) is 0 Å². The Labute approximate surface area is 125 Å². The van der Waals surface area contributed by atoms with E-state index in [1.54, 1.807) is 0 Å². The van der Waals surface area contributed by atoms with E-state index in [4.69, 9.17) is 0 Å². The number of hydrogen-bond acceptors (Lipinski definition) is 2. The third-order valence-electron chi connectivity index (χ3n) is 4.47. The van der Waals surface area contributed by atoms with Gasteiger partial charge in [-0.15, -0.1) is 0 Å². The summed E-state index contributed by atoms with van der Waals surface area (Å²) in [7, 11) is -0.878. The number of nitrogens with one attached hydrogen (secondary N) is 1. The zero-order chi connectivity index (χ0) is 14.9. The van der Waals surface area contributed by atoms with E-state index in [2.05, 4.69) is 58.1 Å². The van der Waals surface area contributed by atoms with E-state index in [0.29, 0.717) is 17.9 Å². The Balaban J connectivity index is 2.46. The molecule has 1 heterocycles. The maximum absolute atomic E-state index is 12.6. The number of benzene rings is 1. The van der Waals surface area contributed by atoms with Gasteiger partial charge in [-0.05, 0) is 42.0 Å². The standard InChI is InChI=1S/C17H27NOS/c1-6-9-18-17-12(4)13(5)20(19)16-8-7-14(11(2)3)10-15(16)17/h7-8,10-13,17-18H,6,9H2,1-5H3. The smallest absolute Gasteiger partial charge is 0.0564 e. The van der Waals surface area contributed by atoms with Crippen LogP contribution in [-0.2, 0) is 10.8 Å². The van der Waals surface area contributed by atoms with Crippen LogP contribution in [0.25, 0.3) is 0 Å². The molecule has 0 saturated carbocycles. The maximum atomic E-state index is 12.6. The summed E-state index contributed by atoms with van der Waals surface area (Å²) in [5.74, 6) is 0.910. The van der Waals surface area contributed by atoms with Crippen molar-refractivity contribution in [3.05, 3.63) is 29.3 Å². The Morgan fingerprint density at radius 3 is 2.60 bits per heavy atom. The molecule has 1 aromatic rings. The molecule has 2 nitrogen and oxygen atoms in total. The van der Waals surface area contributed by atoms with Crippen LogP contribution >= 0.6 is 0 Å². The van der Waals surface area contributed by atoms with Crippen molar-refractivity contribution >= 4 is 10.8 Å². The average Bonchev–Trinajstić information content (AvgIpc) is 2.44. The van der Waals surface area contributed by atoms with E-state index in [9.17, 15) is 4.21 Å². The summed E-state index contributed by atoms with van der Waals surface area (Å²) in [6.45, 7) is 12.0. The highest BCUT2D eigenvalue weighted by Gasteiger charge is 2.36. The lowest BCUT2D eigenvalue weighted by atomic mass is 9.89. The van der Waals surface area contributed by atoms with Crippen molar-refractivity contribution in [1.82, 2.24) is 5.32 Å². The minimum Gasteiger partial charge on any atom is -0.310 e. The fourth-order valence-corrected chi connectivity index (χ4v) is 4.47. The lowest BCUT2D eigenvalue weighted by Crippen LogP contribution is -2.39. The fourth-order valence-electron chi connectivity index (χ4n) is 2.90. The summed E-state index contributed by atoms with van der Waals surface area (Å²) in [5, 5.41) is 3.87. The summed E-state index contributed by atoms with van der Waals surface area (Å²) in [4.78, 5) is 1.04. The molecule has 1 aliphatic rings. The normalized spacial score (nSPS) is 29.5. The summed E-state index contributed by atoms with van der Waals surface area (Å²) in [6, 6.07) is 6.83. The molecule has 0 saturated heterocycles. The van der Waals surface area contributed by atoms with Gasteiger partial charge in [-0.25, -0.2) is 0 Å². The fraction of sp³-hybridized carbons (Fsp3) is 0.647. The lowest BCUT2D eigenvalue weighted by Gasteiger charge is -2.36. The van der Waals surface area contributed by atoms with Gasteiger partial charge in [-0.3, -0.25) is 4.21 Å². The summed E-state index contributed by atoms with van der Waals surface area (Å²) in [6.07, 6.45) is 1.12. The van der Waals surface area contributed by atoms with Gasteiger partial charge in [0.15, 0.2) is 0 Å². The van der Waals surface area contributed by atoms with Crippen LogP contribution in [0.1, 0.15) is 64.1 Å². The molecular formula is C17H27NOS. The Morgan fingerprint density at radius 1 is 1.30 bits per heavy atom. The number of hydrogen-bond donors (Lipinski definition) is 1. The molecule has 112 valence electrons. The van der Waals surface area contributed by atoms with Gasteiger partial charge in [0.05, 0.1) is 10.8 Å². The Morgan fingerprint density at radius 2 is 2.00 bits per heavy atom. The molecule has 2 rings (SSSR count). The van der Waals surface area contributed by atoms with Crippen molar-refractivity contribution < 1.29 is 4.21 Å². The molecule has 3 heteroatoms. The quantitative estimate of drug-likeness (QED) is 0.909. The topological polar surface area (TPSA) is 29.1 Å². The lowest BCUT2D eigenvalue weighted by molar-refractivity contribution is 0.367. The van der Waals surface area contributed by atoms with Crippen LogP contribution in [0.15, 0.2) is 23.1 Å². The molecule has 0 fully saturated rings. The Kier molecular flexibility index (Phi) is 5.03. The highest BCUT2D eigenvalue weighted by Crippen LogP contribution is 2.39. The molecule has 0 aliphatic carbocycles. The molecule has 0 bridgehead atoms. The molecule has 4 atom stereocenters. The summed E-state index contributed by atoms with van der Waals surface area (Å²) >= 11 is 0. The van der Waals surface area contributed by atoms with Crippen molar-refractivity contribution in [3.63, 3.8) is 0 Å². The van der Waals surface area contributed by atoms with E-state index < -0.39 is 10.8 Å². The van der Waals surface area contributed by atoms with Gasteiger partial charge < -0.3 is 5.32 Å². The van der Waals surface area contributed by atoms with E-state index in [-0.39, 0.29) is 5.25 Å². The van der Waals surface area contributed by atoms with Crippen molar-refractivity contribution in [1.29, 1.82) is 0 Å². The first kappa shape index (κ1) is 15.7. The van der Waals surface area contributed by atoms with Crippen LogP contribution in [-0.4, -0.2) is 16.0 Å². The van der Waals surface area contributed by atoms with E-state index >= 15 is 0 Å². The second-order valence-corrected chi connectivity index (χ2v) is 8.02. The molecular weight excluding hydrogens is 266 g/mol. The minimum atomic E-state index is -0.878. The third kappa shape index (κ3) is 2.84. The first-order chi connectivity index (χ1) is 9.47. The van der Waals surface area contributed by atoms with Crippen molar-refractivity contribution in [2.45, 2.75) is 63.1 Å². The third-order valence-corrected chi connectivity index (χ3v) is 6.38. The predicted molar refractivity (Wildman–Crippen MR) is 86.6 cm³/mol.